The molecular formula is C32H45Cl2N3O7. The number of rotatable bonds is 12. The summed E-state index contributed by atoms with van der Waals surface area (Å²) in [6.45, 7) is 16.3. The Bertz CT molecular complexity index is 1210. The zero-order chi connectivity index (χ0) is 31.8. The molecule has 3 unspecified atom stereocenters. The van der Waals surface area contributed by atoms with E-state index in [-0.39, 0.29) is 12.2 Å². The van der Waals surface area contributed by atoms with Gasteiger partial charge in [-0.3, -0.25) is 9.80 Å². The number of esters is 2. The summed E-state index contributed by atoms with van der Waals surface area (Å²) in [5.41, 5.74) is 2.16. The second kappa shape index (κ2) is 16.3. The number of dihydropyridines is 1. The maximum atomic E-state index is 13.8. The summed E-state index contributed by atoms with van der Waals surface area (Å²) < 4.78 is 29.0. The Balaban J connectivity index is 1.38. The van der Waals surface area contributed by atoms with Gasteiger partial charge in [-0.1, -0.05) is 30.1 Å². The minimum atomic E-state index is -0.513. The molecule has 4 rings (SSSR count). The van der Waals surface area contributed by atoms with Crippen LogP contribution in [0.5, 0.6) is 5.75 Å². The number of morpholine rings is 2. The molecule has 12 heteroatoms. The molecule has 0 radical (unpaired) electrons. The van der Waals surface area contributed by atoms with Gasteiger partial charge in [0.2, 0.25) is 0 Å². The van der Waals surface area contributed by atoms with Crippen molar-refractivity contribution >= 4 is 35.1 Å². The highest BCUT2D eigenvalue weighted by Gasteiger charge is 2.36. The standard InChI is InChI=1S/C32H45Cl2N3O7/c1-20(42-25-6-7-27(33)28(34)17-25)16-21(2)43-31(38)29-22(3)30(24(5)35-23(29)4)32(39)44-26(18-36-8-12-40-13-9-36)19-37-10-14-41-15-11-37/h6-7,17,20-22,26,35H,8-16,18-19H2,1-5H3. The normalized spacial score (nSPS) is 21.6. The number of hydrogen-bond donors (Lipinski definition) is 1. The summed E-state index contributed by atoms with van der Waals surface area (Å²) >= 11 is 12.1. The molecule has 2 saturated heterocycles. The van der Waals surface area contributed by atoms with Crippen LogP contribution in [0.1, 0.15) is 41.0 Å². The number of ether oxygens (including phenoxy) is 5. The lowest BCUT2D eigenvalue weighted by Gasteiger charge is -2.35. The minimum absolute atomic E-state index is 0.255. The van der Waals surface area contributed by atoms with Crippen molar-refractivity contribution in [3.05, 3.63) is 50.8 Å². The molecule has 44 heavy (non-hydrogen) atoms. The molecule has 3 aliphatic rings. The highest BCUT2D eigenvalue weighted by atomic mass is 35.5. The molecule has 0 bridgehead atoms. The van der Waals surface area contributed by atoms with Gasteiger partial charge in [0.05, 0.1) is 53.7 Å². The quantitative estimate of drug-likeness (QED) is 0.326. The molecular weight excluding hydrogens is 609 g/mol. The lowest BCUT2D eigenvalue weighted by Crippen LogP contribution is -2.48. The fraction of sp³-hybridized carbons (Fsp3) is 0.625. The van der Waals surface area contributed by atoms with Crippen molar-refractivity contribution in [2.45, 2.75) is 59.4 Å². The number of halogens is 2. The second-order valence-corrected chi connectivity index (χ2v) is 12.5. The molecule has 3 heterocycles. The molecule has 1 aromatic rings. The van der Waals surface area contributed by atoms with E-state index in [1.54, 1.807) is 18.2 Å². The van der Waals surface area contributed by atoms with Gasteiger partial charge in [0.15, 0.2) is 0 Å². The van der Waals surface area contributed by atoms with Crippen LogP contribution in [0.3, 0.4) is 0 Å². The lowest BCUT2D eigenvalue weighted by atomic mass is 9.87. The van der Waals surface area contributed by atoms with Crippen LogP contribution in [0.15, 0.2) is 40.7 Å². The number of benzene rings is 1. The van der Waals surface area contributed by atoms with Gasteiger partial charge >= 0.3 is 11.9 Å². The molecule has 3 atom stereocenters. The average molecular weight is 655 g/mol. The van der Waals surface area contributed by atoms with Crippen LogP contribution in [0.25, 0.3) is 0 Å². The Labute approximate surface area is 270 Å². The van der Waals surface area contributed by atoms with Crippen LogP contribution in [0, 0.1) is 5.92 Å². The number of nitrogens with zero attached hydrogens (tertiary/aromatic N) is 2. The van der Waals surface area contributed by atoms with Crippen LogP contribution in [-0.2, 0) is 28.5 Å². The molecule has 0 aromatic heterocycles. The first kappa shape index (κ1) is 34.5. The highest BCUT2D eigenvalue weighted by Crippen LogP contribution is 2.32. The topological polar surface area (TPSA) is 98.8 Å². The summed E-state index contributed by atoms with van der Waals surface area (Å²) in [6.07, 6.45) is -0.587. The van der Waals surface area contributed by atoms with E-state index in [2.05, 4.69) is 15.1 Å². The first-order valence-electron chi connectivity index (χ1n) is 15.3. The van der Waals surface area contributed by atoms with Crippen molar-refractivity contribution in [3.8, 4) is 5.75 Å². The Morgan fingerprint density at radius 3 is 1.91 bits per heavy atom. The van der Waals surface area contributed by atoms with E-state index in [4.69, 9.17) is 46.9 Å². The van der Waals surface area contributed by atoms with Crippen molar-refractivity contribution in [3.63, 3.8) is 0 Å². The van der Waals surface area contributed by atoms with Crippen molar-refractivity contribution in [1.29, 1.82) is 0 Å². The number of nitrogens with one attached hydrogen (secondary N) is 1. The number of hydrogen-bond acceptors (Lipinski definition) is 10. The zero-order valence-corrected chi connectivity index (χ0v) is 27.8. The predicted octanol–water partition coefficient (Wildman–Crippen LogP) is 4.45. The van der Waals surface area contributed by atoms with E-state index >= 15 is 0 Å². The van der Waals surface area contributed by atoms with Crippen molar-refractivity contribution < 1.29 is 33.3 Å². The number of allylic oxidation sites excluding steroid dienone is 2. The third-order valence-electron chi connectivity index (χ3n) is 8.09. The monoisotopic (exact) mass is 653 g/mol. The third-order valence-corrected chi connectivity index (χ3v) is 8.83. The van der Waals surface area contributed by atoms with Crippen LogP contribution >= 0.6 is 23.2 Å². The largest absolute Gasteiger partial charge is 0.491 e. The van der Waals surface area contributed by atoms with Gasteiger partial charge < -0.3 is 29.0 Å². The zero-order valence-electron chi connectivity index (χ0n) is 26.3. The fourth-order valence-corrected chi connectivity index (χ4v) is 6.24. The summed E-state index contributed by atoms with van der Waals surface area (Å²) in [5, 5.41) is 4.07. The van der Waals surface area contributed by atoms with Crippen molar-refractivity contribution in [1.82, 2.24) is 15.1 Å². The van der Waals surface area contributed by atoms with E-state index in [9.17, 15) is 9.59 Å². The maximum Gasteiger partial charge on any atom is 0.336 e. The lowest BCUT2D eigenvalue weighted by molar-refractivity contribution is -0.148. The minimum Gasteiger partial charge on any atom is -0.491 e. The Hall–Kier alpha value is -2.34. The molecule has 244 valence electrons. The van der Waals surface area contributed by atoms with Gasteiger partial charge in [-0.2, -0.15) is 0 Å². The van der Waals surface area contributed by atoms with Gasteiger partial charge in [-0.25, -0.2) is 9.59 Å². The molecule has 3 aliphatic heterocycles. The predicted molar refractivity (Wildman–Crippen MR) is 169 cm³/mol. The Morgan fingerprint density at radius 2 is 1.39 bits per heavy atom. The number of carbonyl (C=O) groups excluding carboxylic acids is 2. The molecule has 0 aliphatic carbocycles. The maximum absolute atomic E-state index is 13.8. The van der Waals surface area contributed by atoms with E-state index in [1.807, 2.05) is 34.6 Å². The summed E-state index contributed by atoms with van der Waals surface area (Å²) in [5.74, 6) is -0.838. The second-order valence-electron chi connectivity index (χ2n) is 11.7. The SMILES string of the molecule is CC1=C(C(=O)OC(C)CC(C)Oc2ccc(Cl)c(Cl)c2)C(C)C(C(=O)OC(CN2CCOCC2)CN2CCOCC2)=C(C)N1. The molecule has 10 nitrogen and oxygen atoms in total. The average Bonchev–Trinajstić information content (AvgIpc) is 2.95. The van der Waals surface area contributed by atoms with E-state index < -0.39 is 24.0 Å². The van der Waals surface area contributed by atoms with Crippen LogP contribution in [0.2, 0.25) is 10.0 Å². The van der Waals surface area contributed by atoms with Crippen molar-refractivity contribution in [2.24, 2.45) is 5.92 Å². The van der Waals surface area contributed by atoms with Gasteiger partial charge in [0, 0.05) is 69.1 Å². The summed E-state index contributed by atoms with van der Waals surface area (Å²) in [6, 6.07) is 5.07. The summed E-state index contributed by atoms with van der Waals surface area (Å²) in [4.78, 5) is 31.8. The molecule has 1 N–H and O–H groups in total. The fourth-order valence-electron chi connectivity index (χ4n) is 5.95. The first-order valence-corrected chi connectivity index (χ1v) is 16.1. The molecule has 2 fully saturated rings. The van der Waals surface area contributed by atoms with Crippen LogP contribution in [-0.4, -0.2) is 106 Å². The molecule has 0 spiro atoms. The van der Waals surface area contributed by atoms with Gasteiger partial charge in [0.1, 0.15) is 18.0 Å². The first-order chi connectivity index (χ1) is 21.0. The van der Waals surface area contributed by atoms with Gasteiger partial charge in [-0.15, -0.1) is 0 Å². The van der Waals surface area contributed by atoms with Crippen LogP contribution < -0.4 is 10.1 Å². The molecule has 0 saturated carbocycles. The van der Waals surface area contributed by atoms with E-state index in [1.165, 1.54) is 0 Å². The Kier molecular flexibility index (Phi) is 12.8. The Morgan fingerprint density at radius 1 is 0.864 bits per heavy atom. The molecule has 1 aromatic carbocycles. The summed E-state index contributed by atoms with van der Waals surface area (Å²) in [7, 11) is 0. The van der Waals surface area contributed by atoms with Gasteiger partial charge in [0.25, 0.3) is 0 Å². The highest BCUT2D eigenvalue weighted by molar-refractivity contribution is 6.42. The van der Waals surface area contributed by atoms with Crippen LogP contribution in [0.4, 0.5) is 0 Å². The smallest absolute Gasteiger partial charge is 0.336 e. The molecule has 0 amide bonds. The van der Waals surface area contributed by atoms with Gasteiger partial charge in [-0.05, 0) is 39.8 Å². The number of carbonyl (C=O) groups is 2. The third kappa shape index (κ3) is 9.58. The van der Waals surface area contributed by atoms with Crippen molar-refractivity contribution in [2.75, 3.05) is 65.7 Å². The van der Waals surface area contributed by atoms with E-state index in [0.29, 0.717) is 84.3 Å². The van der Waals surface area contributed by atoms with E-state index in [0.717, 1.165) is 26.2 Å².